The number of rotatable bonds is 6. The highest BCUT2D eigenvalue weighted by Gasteiger charge is 2.10. The van der Waals surface area contributed by atoms with Gasteiger partial charge in [0.1, 0.15) is 12.4 Å². The molecule has 0 bridgehead atoms. The molecule has 0 fully saturated rings. The Balaban J connectivity index is 1.30. The summed E-state index contributed by atoms with van der Waals surface area (Å²) >= 11 is 8.84. The Kier molecular flexibility index (Phi) is 6.21. The highest BCUT2D eigenvalue weighted by atomic mass is 79.9. The Bertz CT molecular complexity index is 1390. The fraction of sp³-hybridized carbons (Fsp3) is 0.0400. The Hall–Kier alpha value is -2.74. The van der Waals surface area contributed by atoms with Gasteiger partial charge in [-0.15, -0.1) is 0 Å². The summed E-state index contributed by atoms with van der Waals surface area (Å²) in [6.07, 6.45) is 1.76. The van der Waals surface area contributed by atoms with E-state index in [0.717, 1.165) is 41.2 Å². The molecule has 4 nitrogen and oxygen atoms in total. The highest BCUT2D eigenvalue weighted by molar-refractivity contribution is 9.11. The molecule has 1 N–H and O–H groups in total. The molecular weight excluding hydrogens is 550 g/mol. The topological polar surface area (TPSA) is 46.5 Å². The first-order valence-electron chi connectivity index (χ1n) is 9.90. The lowest BCUT2D eigenvalue weighted by molar-refractivity contribution is 0.303. The van der Waals surface area contributed by atoms with Crippen LogP contribution in [0.3, 0.4) is 0 Å². The number of hydrogen-bond acceptors (Lipinski definition) is 5. The average Bonchev–Trinajstić information content (AvgIpc) is 3.21. The molecule has 1 heterocycles. The van der Waals surface area contributed by atoms with Crippen molar-refractivity contribution in [1.29, 1.82) is 0 Å². The molecular formula is C25H17Br2N3OS. The molecule has 32 heavy (non-hydrogen) atoms. The second-order valence-electron chi connectivity index (χ2n) is 7.10. The van der Waals surface area contributed by atoms with Gasteiger partial charge in [0, 0.05) is 0 Å². The number of thiazole rings is 1. The van der Waals surface area contributed by atoms with Crippen molar-refractivity contribution >= 4 is 75.5 Å². The van der Waals surface area contributed by atoms with Crippen molar-refractivity contribution in [2.24, 2.45) is 5.10 Å². The van der Waals surface area contributed by atoms with Crippen LogP contribution in [-0.2, 0) is 6.61 Å². The molecule has 1 aromatic heterocycles. The summed E-state index contributed by atoms with van der Waals surface area (Å²) in [5.41, 5.74) is 6.05. The van der Waals surface area contributed by atoms with E-state index in [0.29, 0.717) is 6.61 Å². The van der Waals surface area contributed by atoms with Gasteiger partial charge in [-0.1, -0.05) is 65.9 Å². The minimum Gasteiger partial charge on any atom is -0.487 e. The van der Waals surface area contributed by atoms with Crippen molar-refractivity contribution < 1.29 is 4.74 Å². The standard InChI is InChI=1S/C25H17Br2N3OS/c26-20-12-16(14-28-30-25-29-22-10-3-4-11-23(22)32-25)13-21(27)24(20)31-15-18-8-5-7-17-6-1-2-9-19(17)18/h1-14H,15H2,(H,29,30)/b28-14-. The molecule has 0 unspecified atom stereocenters. The third-order valence-electron chi connectivity index (χ3n) is 4.94. The first kappa shape index (κ1) is 21.1. The maximum Gasteiger partial charge on any atom is 0.204 e. The number of aromatic nitrogens is 1. The Morgan fingerprint density at radius 2 is 1.69 bits per heavy atom. The molecule has 0 radical (unpaired) electrons. The number of para-hydroxylation sites is 1. The Morgan fingerprint density at radius 3 is 2.53 bits per heavy atom. The quantitative estimate of drug-likeness (QED) is 0.167. The SMILES string of the molecule is Brc1cc(/C=N\Nc2nc3ccccc3s2)cc(Br)c1OCc1cccc2ccccc12. The van der Waals surface area contributed by atoms with Crippen LogP contribution in [0.1, 0.15) is 11.1 Å². The van der Waals surface area contributed by atoms with Crippen molar-refractivity contribution in [2.75, 3.05) is 5.43 Å². The molecule has 5 rings (SSSR count). The first-order chi connectivity index (χ1) is 15.7. The number of nitrogens with one attached hydrogen (secondary N) is 1. The molecule has 0 saturated heterocycles. The van der Waals surface area contributed by atoms with E-state index in [9.17, 15) is 0 Å². The van der Waals surface area contributed by atoms with E-state index in [1.807, 2.05) is 48.5 Å². The zero-order chi connectivity index (χ0) is 21.9. The molecule has 0 saturated carbocycles. The number of ether oxygens (including phenoxy) is 1. The van der Waals surface area contributed by atoms with E-state index >= 15 is 0 Å². The Labute approximate surface area is 206 Å². The largest absolute Gasteiger partial charge is 0.487 e. The van der Waals surface area contributed by atoms with Crippen LogP contribution < -0.4 is 10.2 Å². The maximum absolute atomic E-state index is 6.16. The van der Waals surface area contributed by atoms with Gasteiger partial charge in [-0.2, -0.15) is 5.10 Å². The summed E-state index contributed by atoms with van der Waals surface area (Å²) in [7, 11) is 0. The molecule has 7 heteroatoms. The summed E-state index contributed by atoms with van der Waals surface area (Å²) < 4.78 is 9.00. The van der Waals surface area contributed by atoms with Gasteiger partial charge in [-0.25, -0.2) is 4.98 Å². The summed E-state index contributed by atoms with van der Waals surface area (Å²) in [5.74, 6) is 0.759. The second-order valence-corrected chi connectivity index (χ2v) is 9.84. The van der Waals surface area contributed by atoms with Crippen LogP contribution >= 0.6 is 43.2 Å². The van der Waals surface area contributed by atoms with Gasteiger partial charge in [0.05, 0.1) is 25.4 Å². The number of anilines is 1. The van der Waals surface area contributed by atoms with Gasteiger partial charge < -0.3 is 4.74 Å². The molecule has 4 aromatic carbocycles. The predicted octanol–water partition coefficient (Wildman–Crippen LogP) is 8.00. The van der Waals surface area contributed by atoms with Crippen molar-refractivity contribution in [3.8, 4) is 5.75 Å². The minimum atomic E-state index is 0.477. The normalized spacial score (nSPS) is 11.4. The lowest BCUT2D eigenvalue weighted by atomic mass is 10.1. The summed E-state index contributed by atoms with van der Waals surface area (Å²) in [6, 6.07) is 26.6. The summed E-state index contributed by atoms with van der Waals surface area (Å²) in [4.78, 5) is 4.52. The van der Waals surface area contributed by atoms with E-state index in [1.165, 1.54) is 10.8 Å². The van der Waals surface area contributed by atoms with Gasteiger partial charge in [-0.3, -0.25) is 5.43 Å². The minimum absolute atomic E-state index is 0.477. The number of hydrazone groups is 1. The number of benzene rings is 4. The molecule has 0 aliphatic carbocycles. The zero-order valence-electron chi connectivity index (χ0n) is 16.8. The van der Waals surface area contributed by atoms with Crippen LogP contribution in [0.5, 0.6) is 5.75 Å². The second kappa shape index (κ2) is 9.40. The number of halogens is 2. The third-order valence-corrected chi connectivity index (χ3v) is 7.06. The van der Waals surface area contributed by atoms with Crippen LogP contribution in [-0.4, -0.2) is 11.2 Å². The lowest BCUT2D eigenvalue weighted by Gasteiger charge is -2.13. The monoisotopic (exact) mass is 565 g/mol. The van der Waals surface area contributed by atoms with E-state index in [2.05, 4.69) is 77.7 Å². The third kappa shape index (κ3) is 4.55. The van der Waals surface area contributed by atoms with Crippen molar-refractivity contribution in [1.82, 2.24) is 4.98 Å². The van der Waals surface area contributed by atoms with E-state index in [4.69, 9.17) is 4.74 Å². The Morgan fingerprint density at radius 1 is 0.938 bits per heavy atom. The molecule has 5 aromatic rings. The molecule has 0 spiro atoms. The number of hydrogen-bond donors (Lipinski definition) is 1. The maximum atomic E-state index is 6.16. The van der Waals surface area contributed by atoms with Crippen LogP contribution in [0, 0.1) is 0 Å². The van der Waals surface area contributed by atoms with E-state index < -0.39 is 0 Å². The fourth-order valence-corrected chi connectivity index (χ4v) is 5.71. The number of fused-ring (bicyclic) bond motifs is 2. The lowest BCUT2D eigenvalue weighted by Crippen LogP contribution is -1.99. The van der Waals surface area contributed by atoms with E-state index in [-0.39, 0.29) is 0 Å². The van der Waals surface area contributed by atoms with Gasteiger partial charge in [0.2, 0.25) is 5.13 Å². The van der Waals surface area contributed by atoms with Crippen molar-refractivity contribution in [2.45, 2.75) is 6.61 Å². The van der Waals surface area contributed by atoms with Crippen LogP contribution in [0.15, 0.2) is 92.9 Å². The highest BCUT2D eigenvalue weighted by Crippen LogP contribution is 2.35. The first-order valence-corrected chi connectivity index (χ1v) is 12.3. The predicted molar refractivity (Wildman–Crippen MR) is 141 cm³/mol. The molecule has 0 aliphatic heterocycles. The van der Waals surface area contributed by atoms with Gasteiger partial charge >= 0.3 is 0 Å². The van der Waals surface area contributed by atoms with Gasteiger partial charge in [0.15, 0.2) is 0 Å². The van der Waals surface area contributed by atoms with Crippen LogP contribution in [0.4, 0.5) is 5.13 Å². The zero-order valence-corrected chi connectivity index (χ0v) is 20.7. The van der Waals surface area contributed by atoms with Crippen LogP contribution in [0.2, 0.25) is 0 Å². The number of nitrogens with zero attached hydrogens (tertiary/aromatic N) is 2. The summed E-state index contributed by atoms with van der Waals surface area (Å²) in [5, 5.41) is 7.51. The molecule has 158 valence electrons. The van der Waals surface area contributed by atoms with Gasteiger partial charge in [-0.05, 0) is 78.0 Å². The molecule has 0 atom stereocenters. The molecule has 0 aliphatic rings. The molecule has 0 amide bonds. The average molecular weight is 567 g/mol. The fourth-order valence-electron chi connectivity index (χ4n) is 3.44. The smallest absolute Gasteiger partial charge is 0.204 e. The van der Waals surface area contributed by atoms with Gasteiger partial charge in [0.25, 0.3) is 0 Å². The van der Waals surface area contributed by atoms with Crippen LogP contribution in [0.25, 0.3) is 21.0 Å². The van der Waals surface area contributed by atoms with Crippen molar-refractivity contribution in [3.63, 3.8) is 0 Å². The summed E-state index contributed by atoms with van der Waals surface area (Å²) in [6.45, 7) is 0.477. The van der Waals surface area contributed by atoms with E-state index in [1.54, 1.807) is 17.6 Å². The van der Waals surface area contributed by atoms with Crippen molar-refractivity contribution in [3.05, 3.63) is 98.9 Å².